The van der Waals surface area contributed by atoms with Crippen LogP contribution in [0.15, 0.2) is 127 Å². The lowest BCUT2D eigenvalue weighted by Gasteiger charge is -2.30. The summed E-state index contributed by atoms with van der Waals surface area (Å²) in [5.41, 5.74) is 19.8. The number of hydrogen-bond donors (Lipinski definition) is 1. The molecule has 0 aromatic heterocycles. The van der Waals surface area contributed by atoms with Crippen molar-refractivity contribution in [1.29, 1.82) is 0 Å². The molecule has 0 unspecified atom stereocenters. The molecule has 0 amide bonds. The van der Waals surface area contributed by atoms with Crippen molar-refractivity contribution in [2.24, 2.45) is 0 Å². The van der Waals surface area contributed by atoms with Crippen molar-refractivity contribution in [1.82, 2.24) is 0 Å². The minimum Gasteiger partial charge on any atom is -0.355 e. The molecule has 0 heterocycles. The lowest BCUT2D eigenvalue weighted by molar-refractivity contribution is 0.589. The van der Waals surface area contributed by atoms with Crippen molar-refractivity contribution in [3.63, 3.8) is 0 Å². The SMILES string of the molecule is CC(C)(C)c1cccc2c1-c1cc(Nc3ccc4c(c3)C3(c5ccccc5-c5ccccc53)c3ccccc3-4)ccc1C2(C)C. The summed E-state index contributed by atoms with van der Waals surface area (Å²) < 4.78 is 0. The van der Waals surface area contributed by atoms with E-state index >= 15 is 0 Å². The van der Waals surface area contributed by atoms with Crippen molar-refractivity contribution in [2.45, 2.75) is 50.9 Å². The average molecular weight is 580 g/mol. The zero-order valence-electron chi connectivity index (χ0n) is 26.6. The number of anilines is 2. The summed E-state index contributed by atoms with van der Waals surface area (Å²) in [5, 5.41) is 3.86. The molecule has 6 aromatic rings. The van der Waals surface area contributed by atoms with Gasteiger partial charge in [-0.25, -0.2) is 0 Å². The summed E-state index contributed by atoms with van der Waals surface area (Å²) >= 11 is 0. The van der Waals surface area contributed by atoms with Crippen LogP contribution in [0.25, 0.3) is 33.4 Å². The van der Waals surface area contributed by atoms with Crippen LogP contribution in [-0.4, -0.2) is 0 Å². The van der Waals surface area contributed by atoms with Crippen molar-refractivity contribution in [3.05, 3.63) is 166 Å². The van der Waals surface area contributed by atoms with Gasteiger partial charge in [-0.1, -0.05) is 138 Å². The fourth-order valence-electron chi connectivity index (χ4n) is 8.85. The lowest BCUT2D eigenvalue weighted by atomic mass is 9.70. The molecular weight excluding hydrogens is 542 g/mol. The number of fused-ring (bicyclic) bond motifs is 13. The summed E-state index contributed by atoms with van der Waals surface area (Å²) in [6.07, 6.45) is 0. The van der Waals surface area contributed by atoms with Gasteiger partial charge in [0.25, 0.3) is 0 Å². The Labute approximate surface area is 266 Å². The Bertz CT molecular complexity index is 2140. The van der Waals surface area contributed by atoms with E-state index in [1.54, 1.807) is 0 Å². The monoisotopic (exact) mass is 579 g/mol. The van der Waals surface area contributed by atoms with Gasteiger partial charge in [0.15, 0.2) is 0 Å². The summed E-state index contributed by atoms with van der Waals surface area (Å²) in [7, 11) is 0. The van der Waals surface area contributed by atoms with Gasteiger partial charge in [0.05, 0.1) is 5.41 Å². The van der Waals surface area contributed by atoms with Crippen LogP contribution in [0, 0.1) is 0 Å². The molecule has 0 aliphatic heterocycles. The molecule has 0 fully saturated rings. The fraction of sp³-hybridized carbons (Fsp3) is 0.182. The topological polar surface area (TPSA) is 12.0 Å². The Morgan fingerprint density at radius 1 is 0.444 bits per heavy atom. The lowest BCUT2D eigenvalue weighted by Crippen LogP contribution is -2.25. The highest BCUT2D eigenvalue weighted by Gasteiger charge is 2.51. The molecule has 0 saturated carbocycles. The van der Waals surface area contributed by atoms with Crippen LogP contribution in [0.5, 0.6) is 0 Å². The summed E-state index contributed by atoms with van der Waals surface area (Å²) in [5.74, 6) is 0. The number of rotatable bonds is 2. The third kappa shape index (κ3) is 3.39. The quantitative estimate of drug-likeness (QED) is 0.215. The Hall–Kier alpha value is -4.88. The summed E-state index contributed by atoms with van der Waals surface area (Å²) in [4.78, 5) is 0. The number of hydrogen-bond acceptors (Lipinski definition) is 1. The number of nitrogens with one attached hydrogen (secondary N) is 1. The molecule has 218 valence electrons. The van der Waals surface area contributed by atoms with Crippen LogP contribution in [0.3, 0.4) is 0 Å². The first kappa shape index (κ1) is 26.5. The van der Waals surface area contributed by atoms with Gasteiger partial charge >= 0.3 is 0 Å². The predicted molar refractivity (Wildman–Crippen MR) is 189 cm³/mol. The molecule has 0 radical (unpaired) electrons. The molecule has 1 nitrogen and oxygen atoms in total. The Morgan fingerprint density at radius 3 is 1.56 bits per heavy atom. The molecule has 1 spiro atoms. The van der Waals surface area contributed by atoms with E-state index in [4.69, 9.17) is 0 Å². The van der Waals surface area contributed by atoms with E-state index in [1.165, 1.54) is 72.3 Å². The fourth-order valence-corrected chi connectivity index (χ4v) is 8.85. The molecule has 1 N–H and O–H groups in total. The van der Waals surface area contributed by atoms with Crippen LogP contribution in [0.1, 0.15) is 73.6 Å². The van der Waals surface area contributed by atoms with E-state index in [9.17, 15) is 0 Å². The van der Waals surface area contributed by atoms with Crippen LogP contribution < -0.4 is 5.32 Å². The minimum atomic E-state index is -0.334. The average Bonchev–Trinajstić information content (AvgIpc) is 3.59. The van der Waals surface area contributed by atoms with Crippen molar-refractivity contribution in [2.75, 3.05) is 5.32 Å². The van der Waals surface area contributed by atoms with E-state index in [-0.39, 0.29) is 16.2 Å². The Morgan fingerprint density at radius 2 is 0.956 bits per heavy atom. The van der Waals surface area contributed by atoms with Gasteiger partial charge in [0, 0.05) is 16.8 Å². The second kappa shape index (κ2) is 8.86. The van der Waals surface area contributed by atoms with E-state index in [0.29, 0.717) is 0 Å². The zero-order valence-corrected chi connectivity index (χ0v) is 26.6. The normalized spacial score (nSPS) is 15.6. The highest BCUT2D eigenvalue weighted by molar-refractivity contribution is 5.96. The predicted octanol–water partition coefficient (Wildman–Crippen LogP) is 11.4. The Kier molecular flexibility index (Phi) is 5.22. The van der Waals surface area contributed by atoms with Gasteiger partial charge in [-0.05, 0) is 102 Å². The molecule has 45 heavy (non-hydrogen) atoms. The van der Waals surface area contributed by atoms with E-state index < -0.39 is 0 Å². The second-order valence-corrected chi connectivity index (χ2v) is 14.6. The Balaban J connectivity index is 1.21. The first-order valence-electron chi connectivity index (χ1n) is 16.2. The minimum absolute atomic E-state index is 0.0283. The van der Waals surface area contributed by atoms with Crippen LogP contribution in [0.4, 0.5) is 11.4 Å². The summed E-state index contributed by atoms with van der Waals surface area (Å²) in [6, 6.07) is 47.9. The van der Waals surface area contributed by atoms with Gasteiger partial charge in [-0.2, -0.15) is 0 Å². The van der Waals surface area contributed by atoms with E-state index in [1.807, 2.05) is 0 Å². The van der Waals surface area contributed by atoms with Gasteiger partial charge in [0.1, 0.15) is 0 Å². The largest absolute Gasteiger partial charge is 0.355 e. The number of benzene rings is 6. The van der Waals surface area contributed by atoms with Crippen LogP contribution >= 0.6 is 0 Å². The first-order chi connectivity index (χ1) is 21.7. The molecule has 1 heteroatoms. The molecule has 6 aromatic carbocycles. The van der Waals surface area contributed by atoms with Crippen LogP contribution in [0.2, 0.25) is 0 Å². The van der Waals surface area contributed by atoms with Crippen molar-refractivity contribution >= 4 is 11.4 Å². The molecular formula is C44H37N. The highest BCUT2D eigenvalue weighted by atomic mass is 14.9. The maximum atomic E-state index is 3.86. The molecule has 9 rings (SSSR count). The first-order valence-corrected chi connectivity index (χ1v) is 16.2. The third-order valence-corrected chi connectivity index (χ3v) is 10.8. The van der Waals surface area contributed by atoms with Crippen molar-refractivity contribution < 1.29 is 0 Å². The van der Waals surface area contributed by atoms with Gasteiger partial charge < -0.3 is 5.32 Å². The zero-order chi connectivity index (χ0) is 30.7. The maximum absolute atomic E-state index is 3.86. The highest BCUT2D eigenvalue weighted by Crippen LogP contribution is 2.63. The van der Waals surface area contributed by atoms with Crippen LogP contribution in [-0.2, 0) is 16.2 Å². The third-order valence-electron chi connectivity index (χ3n) is 10.8. The standard InChI is InChI=1S/C44H37N/c1-42(2,3)38-19-12-20-39-41(38)33-25-27(22-24-34(33)43(39,4)5)45-28-21-23-32-31-15-8-11-18-37(31)44(40(32)26-28)35-16-9-6-13-29(35)30-14-7-10-17-36(30)44/h6-26,45H,1-5H3. The molecule has 0 bridgehead atoms. The maximum Gasteiger partial charge on any atom is 0.0726 e. The van der Waals surface area contributed by atoms with Crippen molar-refractivity contribution in [3.8, 4) is 33.4 Å². The van der Waals surface area contributed by atoms with Gasteiger partial charge in [0.2, 0.25) is 0 Å². The second-order valence-electron chi connectivity index (χ2n) is 14.6. The molecule has 3 aliphatic carbocycles. The molecule has 0 atom stereocenters. The van der Waals surface area contributed by atoms with Gasteiger partial charge in [-0.15, -0.1) is 0 Å². The summed E-state index contributed by atoms with van der Waals surface area (Å²) in [6.45, 7) is 11.7. The van der Waals surface area contributed by atoms with E-state index in [0.717, 1.165) is 11.4 Å². The molecule has 3 aliphatic rings. The van der Waals surface area contributed by atoms with E-state index in [2.05, 4.69) is 167 Å². The van der Waals surface area contributed by atoms with Gasteiger partial charge in [-0.3, -0.25) is 0 Å². The molecule has 0 saturated heterocycles. The smallest absolute Gasteiger partial charge is 0.0726 e.